The van der Waals surface area contributed by atoms with Gasteiger partial charge >= 0.3 is 0 Å². The van der Waals surface area contributed by atoms with Crippen LogP contribution in [0.15, 0.2) is 55.1 Å². The van der Waals surface area contributed by atoms with Crippen LogP contribution in [-0.2, 0) is 0 Å². The molecule has 1 aromatic carbocycles. The molecule has 0 aliphatic carbocycles. The Balaban J connectivity index is 1.63. The molecule has 0 radical (unpaired) electrons. The molecule has 4 heterocycles. The molecule has 5 aromatic rings. The van der Waals surface area contributed by atoms with Gasteiger partial charge in [-0.15, -0.1) is 0 Å². The van der Waals surface area contributed by atoms with E-state index in [2.05, 4.69) is 20.1 Å². The zero-order valence-electron chi connectivity index (χ0n) is 12.3. The molecular formula is C17H10ClN5S. The Labute approximate surface area is 145 Å². The highest BCUT2D eigenvalue weighted by atomic mass is 35.5. The molecule has 24 heavy (non-hydrogen) atoms. The van der Waals surface area contributed by atoms with Crippen LogP contribution in [0, 0.1) is 0 Å². The van der Waals surface area contributed by atoms with Crippen LogP contribution in [-0.4, -0.2) is 24.6 Å². The summed E-state index contributed by atoms with van der Waals surface area (Å²) >= 11 is 7.68. The van der Waals surface area contributed by atoms with Crippen LogP contribution in [0.3, 0.4) is 0 Å². The molecule has 0 saturated carbocycles. The maximum Gasteiger partial charge on any atom is 0.213 e. The summed E-state index contributed by atoms with van der Waals surface area (Å²) in [5, 5.41) is 7.35. The van der Waals surface area contributed by atoms with Crippen LogP contribution >= 0.6 is 22.9 Å². The Kier molecular flexibility index (Phi) is 2.95. The zero-order chi connectivity index (χ0) is 16.1. The average Bonchev–Trinajstić information content (AvgIpc) is 3.27. The van der Waals surface area contributed by atoms with Gasteiger partial charge in [-0.2, -0.15) is 5.10 Å². The van der Waals surface area contributed by atoms with Gasteiger partial charge in [-0.1, -0.05) is 22.9 Å². The Morgan fingerprint density at radius 3 is 3.00 bits per heavy atom. The number of aromatic amines is 1. The van der Waals surface area contributed by atoms with Crippen LogP contribution in [0.1, 0.15) is 0 Å². The molecule has 4 aromatic heterocycles. The summed E-state index contributed by atoms with van der Waals surface area (Å²) < 4.78 is 1.81. The number of nitrogens with one attached hydrogen (secondary N) is 1. The van der Waals surface area contributed by atoms with Crippen molar-refractivity contribution in [3.63, 3.8) is 0 Å². The van der Waals surface area contributed by atoms with Crippen LogP contribution in [0.25, 0.3) is 37.7 Å². The molecule has 0 aliphatic rings. The summed E-state index contributed by atoms with van der Waals surface area (Å²) in [6.45, 7) is 0. The third-order valence-corrected chi connectivity index (χ3v) is 5.07. The first-order chi connectivity index (χ1) is 11.8. The van der Waals surface area contributed by atoms with E-state index in [0.717, 1.165) is 37.7 Å². The van der Waals surface area contributed by atoms with Gasteiger partial charge in [0.25, 0.3) is 0 Å². The summed E-state index contributed by atoms with van der Waals surface area (Å²) in [4.78, 5) is 12.9. The van der Waals surface area contributed by atoms with Crippen LogP contribution in [0.4, 0.5) is 0 Å². The molecule has 0 bridgehead atoms. The van der Waals surface area contributed by atoms with E-state index < -0.39 is 0 Å². The molecule has 0 unspecified atom stereocenters. The van der Waals surface area contributed by atoms with Gasteiger partial charge in [0.05, 0.1) is 11.9 Å². The van der Waals surface area contributed by atoms with Crippen molar-refractivity contribution in [2.45, 2.75) is 0 Å². The maximum atomic E-state index is 6.13. The monoisotopic (exact) mass is 351 g/mol. The largest absolute Gasteiger partial charge is 0.360 e. The number of nitrogens with zero attached hydrogens (tertiary/aromatic N) is 4. The third-order valence-electron chi connectivity index (χ3n) is 3.87. The zero-order valence-corrected chi connectivity index (χ0v) is 13.8. The first-order valence-electron chi connectivity index (χ1n) is 7.31. The number of halogens is 1. The standard InChI is InChI=1S/C17H10ClN5S/c18-11-3-4-14-12(6-11)13(8-20-14)16-22-23-9-15(21-17(23)24-16)10-2-1-5-19-7-10/h1-9,20H. The van der Waals surface area contributed by atoms with Gasteiger partial charge in [-0.25, -0.2) is 9.50 Å². The van der Waals surface area contributed by atoms with E-state index in [-0.39, 0.29) is 0 Å². The SMILES string of the molecule is Clc1ccc2[nH]cc(-c3nn4cc(-c5cccnc5)nc4s3)c2c1. The topological polar surface area (TPSA) is 58.9 Å². The van der Waals surface area contributed by atoms with Crippen LogP contribution in [0.5, 0.6) is 0 Å². The molecule has 0 fully saturated rings. The van der Waals surface area contributed by atoms with E-state index in [1.165, 1.54) is 0 Å². The molecular weight excluding hydrogens is 342 g/mol. The number of benzene rings is 1. The first-order valence-corrected chi connectivity index (χ1v) is 8.51. The second-order valence-electron chi connectivity index (χ2n) is 5.39. The lowest BCUT2D eigenvalue weighted by atomic mass is 10.2. The number of H-pyrrole nitrogens is 1. The summed E-state index contributed by atoms with van der Waals surface area (Å²) in [5.41, 5.74) is 3.93. The van der Waals surface area contributed by atoms with Crippen molar-refractivity contribution in [2.75, 3.05) is 0 Å². The second-order valence-corrected chi connectivity index (χ2v) is 6.79. The Hall–Kier alpha value is -2.70. The molecule has 1 N–H and O–H groups in total. The fourth-order valence-corrected chi connectivity index (χ4v) is 3.82. The summed E-state index contributed by atoms with van der Waals surface area (Å²) in [7, 11) is 0. The molecule has 0 amide bonds. The van der Waals surface area contributed by atoms with E-state index in [1.54, 1.807) is 23.7 Å². The minimum absolute atomic E-state index is 0.712. The quantitative estimate of drug-likeness (QED) is 0.503. The molecule has 0 aliphatic heterocycles. The number of hydrogen-bond donors (Lipinski definition) is 1. The molecule has 0 atom stereocenters. The molecule has 5 nitrogen and oxygen atoms in total. The van der Waals surface area contributed by atoms with E-state index in [1.807, 2.05) is 47.2 Å². The lowest BCUT2D eigenvalue weighted by Crippen LogP contribution is -1.82. The van der Waals surface area contributed by atoms with Crippen molar-refractivity contribution < 1.29 is 0 Å². The molecule has 116 valence electrons. The van der Waals surface area contributed by atoms with Crippen molar-refractivity contribution in [3.05, 3.63) is 60.1 Å². The number of imidazole rings is 1. The molecule has 0 saturated heterocycles. The highest BCUT2D eigenvalue weighted by molar-refractivity contribution is 7.20. The van der Waals surface area contributed by atoms with Crippen LogP contribution < -0.4 is 0 Å². The van der Waals surface area contributed by atoms with Crippen LogP contribution in [0.2, 0.25) is 5.02 Å². The van der Waals surface area contributed by atoms with E-state index in [9.17, 15) is 0 Å². The van der Waals surface area contributed by atoms with Gasteiger partial charge in [0.15, 0.2) is 0 Å². The van der Waals surface area contributed by atoms with Crippen molar-refractivity contribution in [3.8, 4) is 21.8 Å². The fourth-order valence-electron chi connectivity index (χ4n) is 2.73. The average molecular weight is 352 g/mol. The van der Waals surface area contributed by atoms with Gasteiger partial charge in [0, 0.05) is 45.6 Å². The number of aromatic nitrogens is 5. The predicted octanol–water partition coefficient (Wildman–Crippen LogP) is 4.65. The maximum absolute atomic E-state index is 6.13. The van der Waals surface area contributed by atoms with Gasteiger partial charge in [-0.3, -0.25) is 4.98 Å². The number of fused-ring (bicyclic) bond motifs is 2. The number of hydrogen-bond acceptors (Lipinski definition) is 4. The Morgan fingerprint density at radius 2 is 2.17 bits per heavy atom. The minimum Gasteiger partial charge on any atom is -0.360 e. The van der Waals surface area contributed by atoms with Crippen molar-refractivity contribution in [1.29, 1.82) is 0 Å². The highest BCUT2D eigenvalue weighted by Gasteiger charge is 2.14. The van der Waals surface area contributed by atoms with Gasteiger partial charge in [-0.05, 0) is 30.3 Å². The first kappa shape index (κ1) is 13.7. The predicted molar refractivity (Wildman–Crippen MR) is 96.4 cm³/mol. The van der Waals surface area contributed by atoms with Gasteiger partial charge in [0.1, 0.15) is 5.01 Å². The van der Waals surface area contributed by atoms with E-state index >= 15 is 0 Å². The minimum atomic E-state index is 0.712. The molecule has 0 spiro atoms. The third kappa shape index (κ3) is 2.11. The Bertz CT molecular complexity index is 1140. The Morgan fingerprint density at radius 1 is 1.21 bits per heavy atom. The fraction of sp³-hybridized carbons (Fsp3) is 0. The van der Waals surface area contributed by atoms with E-state index in [0.29, 0.717) is 5.02 Å². The molecule has 7 heteroatoms. The number of pyridine rings is 1. The number of rotatable bonds is 2. The summed E-state index contributed by atoms with van der Waals surface area (Å²) in [6, 6.07) is 9.69. The smallest absolute Gasteiger partial charge is 0.213 e. The molecule has 5 rings (SSSR count). The lowest BCUT2D eigenvalue weighted by Gasteiger charge is -1.95. The normalized spacial score (nSPS) is 11.5. The van der Waals surface area contributed by atoms with Crippen molar-refractivity contribution >= 4 is 38.8 Å². The van der Waals surface area contributed by atoms with Crippen molar-refractivity contribution in [1.82, 2.24) is 24.6 Å². The van der Waals surface area contributed by atoms with E-state index in [4.69, 9.17) is 11.6 Å². The summed E-state index contributed by atoms with van der Waals surface area (Å²) in [5.74, 6) is 0. The van der Waals surface area contributed by atoms with Gasteiger partial charge in [0.2, 0.25) is 4.96 Å². The van der Waals surface area contributed by atoms with Gasteiger partial charge < -0.3 is 4.98 Å². The summed E-state index contributed by atoms with van der Waals surface area (Å²) in [6.07, 6.45) is 7.44. The highest BCUT2D eigenvalue weighted by Crippen LogP contribution is 2.33. The second kappa shape index (κ2) is 5.15. The lowest BCUT2D eigenvalue weighted by molar-refractivity contribution is 0.979. The van der Waals surface area contributed by atoms with Crippen molar-refractivity contribution in [2.24, 2.45) is 0 Å².